The third-order valence-corrected chi connectivity index (χ3v) is 3.00. The molecule has 1 aromatic heterocycles. The molecule has 0 aliphatic heterocycles. The maximum absolute atomic E-state index is 6.23. The normalized spacial score (nSPS) is 11.9. The Kier molecular flexibility index (Phi) is 4.36. The minimum Gasteiger partial charge on any atom is -0.496 e. The van der Waals surface area contributed by atoms with Crippen LogP contribution in [0.3, 0.4) is 0 Å². The largest absolute Gasteiger partial charge is 0.496 e. The second-order valence-electron chi connectivity index (χ2n) is 4.21. The molecule has 0 bridgehead atoms. The van der Waals surface area contributed by atoms with Gasteiger partial charge in [0.05, 0.1) is 26.0 Å². The molecule has 1 atom stereocenters. The molecule has 0 aliphatic carbocycles. The molecular weight excluding hydrogens is 240 g/mol. The van der Waals surface area contributed by atoms with Crippen LogP contribution in [0.25, 0.3) is 0 Å². The maximum Gasteiger partial charge on any atom is 0.141 e. The average molecular weight is 258 g/mol. The van der Waals surface area contributed by atoms with Crippen LogP contribution in [0.1, 0.15) is 17.3 Å². The molecule has 1 aromatic carbocycles. The zero-order valence-corrected chi connectivity index (χ0v) is 11.2. The second-order valence-corrected chi connectivity index (χ2v) is 4.21. The summed E-state index contributed by atoms with van der Waals surface area (Å²) in [5.74, 6) is 1.55. The third-order valence-electron chi connectivity index (χ3n) is 3.00. The quantitative estimate of drug-likeness (QED) is 0.894. The van der Waals surface area contributed by atoms with E-state index in [4.69, 9.17) is 15.2 Å². The van der Waals surface area contributed by atoms with Crippen LogP contribution in [-0.2, 0) is 6.42 Å². The number of para-hydroxylation sites is 1. The van der Waals surface area contributed by atoms with Gasteiger partial charge in [-0.25, -0.2) is 0 Å². The summed E-state index contributed by atoms with van der Waals surface area (Å²) in [4.78, 5) is 4.31. The summed E-state index contributed by atoms with van der Waals surface area (Å²) in [5, 5.41) is 0. The molecule has 1 unspecified atom stereocenters. The molecule has 0 fully saturated rings. The summed E-state index contributed by atoms with van der Waals surface area (Å²) in [6.07, 6.45) is 2.37. The van der Waals surface area contributed by atoms with Gasteiger partial charge in [0.2, 0.25) is 0 Å². The van der Waals surface area contributed by atoms with Gasteiger partial charge in [0.25, 0.3) is 0 Å². The summed E-state index contributed by atoms with van der Waals surface area (Å²) < 4.78 is 10.6. The molecule has 2 rings (SSSR count). The van der Waals surface area contributed by atoms with E-state index in [0.29, 0.717) is 12.2 Å². The lowest BCUT2D eigenvalue weighted by molar-refractivity contribution is 0.397. The van der Waals surface area contributed by atoms with Crippen molar-refractivity contribution in [3.63, 3.8) is 0 Å². The summed E-state index contributed by atoms with van der Waals surface area (Å²) >= 11 is 0. The van der Waals surface area contributed by atoms with Crippen molar-refractivity contribution in [2.24, 2.45) is 5.73 Å². The number of nitrogens with zero attached hydrogens (tertiary/aromatic N) is 1. The van der Waals surface area contributed by atoms with E-state index in [1.807, 2.05) is 36.4 Å². The number of nitrogens with two attached hydrogens (primary N) is 1. The van der Waals surface area contributed by atoms with Gasteiger partial charge in [-0.3, -0.25) is 4.98 Å². The van der Waals surface area contributed by atoms with Gasteiger partial charge in [-0.1, -0.05) is 18.2 Å². The van der Waals surface area contributed by atoms with Gasteiger partial charge in [-0.05, 0) is 30.2 Å². The predicted octanol–water partition coefficient (Wildman–Crippen LogP) is 2.34. The number of rotatable bonds is 5. The highest BCUT2D eigenvalue weighted by Crippen LogP contribution is 2.26. The first-order valence-corrected chi connectivity index (χ1v) is 6.12. The highest BCUT2D eigenvalue weighted by atomic mass is 16.5. The Balaban J connectivity index is 2.23. The van der Waals surface area contributed by atoms with E-state index < -0.39 is 0 Å². The molecule has 4 heteroatoms. The number of ether oxygens (including phenoxy) is 2. The predicted molar refractivity (Wildman–Crippen MR) is 74.4 cm³/mol. The zero-order chi connectivity index (χ0) is 13.7. The van der Waals surface area contributed by atoms with E-state index in [1.54, 1.807) is 20.4 Å². The minimum absolute atomic E-state index is 0.229. The van der Waals surface area contributed by atoms with Crippen molar-refractivity contribution in [1.82, 2.24) is 4.98 Å². The van der Waals surface area contributed by atoms with Crippen LogP contribution in [0, 0.1) is 0 Å². The van der Waals surface area contributed by atoms with Gasteiger partial charge in [0.15, 0.2) is 0 Å². The highest BCUT2D eigenvalue weighted by Gasteiger charge is 2.15. The Hall–Kier alpha value is -2.07. The standard InChI is InChI=1S/C15H18N2O2/c1-18-13-7-4-3-6-11(13)10-12(16)15-14(19-2)8-5-9-17-15/h3-9,12H,10,16H2,1-2H3. The fourth-order valence-electron chi connectivity index (χ4n) is 2.06. The molecule has 1 heterocycles. The molecular formula is C15H18N2O2. The van der Waals surface area contributed by atoms with Crippen molar-refractivity contribution >= 4 is 0 Å². The Morgan fingerprint density at radius 1 is 1.05 bits per heavy atom. The van der Waals surface area contributed by atoms with Gasteiger partial charge in [-0.2, -0.15) is 0 Å². The van der Waals surface area contributed by atoms with Crippen LogP contribution < -0.4 is 15.2 Å². The van der Waals surface area contributed by atoms with Gasteiger partial charge >= 0.3 is 0 Å². The van der Waals surface area contributed by atoms with E-state index >= 15 is 0 Å². The van der Waals surface area contributed by atoms with Crippen molar-refractivity contribution in [2.45, 2.75) is 12.5 Å². The summed E-state index contributed by atoms with van der Waals surface area (Å²) in [7, 11) is 3.28. The molecule has 2 N–H and O–H groups in total. The molecule has 4 nitrogen and oxygen atoms in total. The molecule has 0 aliphatic rings. The Morgan fingerprint density at radius 2 is 1.74 bits per heavy atom. The van der Waals surface area contributed by atoms with Crippen LogP contribution in [-0.4, -0.2) is 19.2 Å². The number of pyridine rings is 1. The van der Waals surface area contributed by atoms with Crippen molar-refractivity contribution in [2.75, 3.05) is 14.2 Å². The molecule has 0 saturated heterocycles. The first kappa shape index (κ1) is 13.4. The van der Waals surface area contributed by atoms with E-state index in [0.717, 1.165) is 17.0 Å². The van der Waals surface area contributed by atoms with E-state index in [-0.39, 0.29) is 6.04 Å². The number of methoxy groups -OCH3 is 2. The molecule has 0 spiro atoms. The average Bonchev–Trinajstić information content (AvgIpc) is 2.47. The smallest absolute Gasteiger partial charge is 0.141 e. The third kappa shape index (κ3) is 3.03. The van der Waals surface area contributed by atoms with Crippen LogP contribution in [0.15, 0.2) is 42.6 Å². The lowest BCUT2D eigenvalue weighted by atomic mass is 10.0. The van der Waals surface area contributed by atoms with Crippen LogP contribution in [0.5, 0.6) is 11.5 Å². The molecule has 2 aromatic rings. The lowest BCUT2D eigenvalue weighted by Crippen LogP contribution is -2.16. The lowest BCUT2D eigenvalue weighted by Gasteiger charge is -2.16. The molecule has 0 radical (unpaired) electrons. The van der Waals surface area contributed by atoms with Crippen molar-refractivity contribution in [3.8, 4) is 11.5 Å². The summed E-state index contributed by atoms with van der Waals surface area (Å²) in [6, 6.07) is 11.3. The number of hydrogen-bond acceptors (Lipinski definition) is 4. The zero-order valence-electron chi connectivity index (χ0n) is 11.2. The van der Waals surface area contributed by atoms with Crippen molar-refractivity contribution < 1.29 is 9.47 Å². The topological polar surface area (TPSA) is 57.4 Å². The Morgan fingerprint density at radius 3 is 2.47 bits per heavy atom. The molecule has 0 amide bonds. The van der Waals surface area contributed by atoms with Crippen LogP contribution in [0.2, 0.25) is 0 Å². The number of aromatic nitrogens is 1. The summed E-state index contributed by atoms with van der Waals surface area (Å²) in [5.41, 5.74) is 8.05. The summed E-state index contributed by atoms with van der Waals surface area (Å²) in [6.45, 7) is 0. The minimum atomic E-state index is -0.229. The van der Waals surface area contributed by atoms with E-state index in [1.165, 1.54) is 0 Å². The number of benzene rings is 1. The fraction of sp³-hybridized carbons (Fsp3) is 0.267. The monoisotopic (exact) mass is 258 g/mol. The Bertz CT molecular complexity index is 543. The van der Waals surface area contributed by atoms with Gasteiger partial charge in [0.1, 0.15) is 11.5 Å². The van der Waals surface area contributed by atoms with Gasteiger partial charge in [-0.15, -0.1) is 0 Å². The molecule has 19 heavy (non-hydrogen) atoms. The SMILES string of the molecule is COc1ccccc1CC(N)c1ncccc1OC. The Labute approximate surface area is 113 Å². The fourth-order valence-corrected chi connectivity index (χ4v) is 2.06. The van der Waals surface area contributed by atoms with Crippen molar-refractivity contribution in [3.05, 3.63) is 53.9 Å². The van der Waals surface area contributed by atoms with Gasteiger partial charge < -0.3 is 15.2 Å². The first-order valence-electron chi connectivity index (χ1n) is 6.12. The highest BCUT2D eigenvalue weighted by molar-refractivity contribution is 5.36. The second kappa shape index (κ2) is 6.20. The van der Waals surface area contributed by atoms with Gasteiger partial charge in [0, 0.05) is 6.20 Å². The maximum atomic E-state index is 6.23. The molecule has 100 valence electrons. The molecule has 0 saturated carbocycles. The number of hydrogen-bond donors (Lipinski definition) is 1. The van der Waals surface area contributed by atoms with Crippen LogP contribution in [0.4, 0.5) is 0 Å². The van der Waals surface area contributed by atoms with Crippen molar-refractivity contribution in [1.29, 1.82) is 0 Å². The van der Waals surface area contributed by atoms with E-state index in [2.05, 4.69) is 4.98 Å². The van der Waals surface area contributed by atoms with Crippen LogP contribution >= 0.6 is 0 Å². The van der Waals surface area contributed by atoms with E-state index in [9.17, 15) is 0 Å². The first-order chi connectivity index (χ1) is 9.26.